The van der Waals surface area contributed by atoms with Crippen LogP contribution in [-0.4, -0.2) is 12.7 Å². The minimum Gasteiger partial charge on any atom is -0.493 e. The SMILES string of the molecule is CC(C)COc1cc(N=C=O)cc(C(F)(F)F)c1. The van der Waals surface area contributed by atoms with Gasteiger partial charge in [0.1, 0.15) is 5.75 Å². The van der Waals surface area contributed by atoms with Crippen LogP contribution in [0.3, 0.4) is 0 Å². The molecule has 6 heteroatoms. The summed E-state index contributed by atoms with van der Waals surface area (Å²) in [4.78, 5) is 13.3. The zero-order chi connectivity index (χ0) is 13.8. The number of benzene rings is 1. The van der Waals surface area contributed by atoms with Crippen LogP contribution in [0.4, 0.5) is 18.9 Å². The third kappa shape index (κ3) is 4.22. The lowest BCUT2D eigenvalue weighted by Gasteiger charge is -2.12. The summed E-state index contributed by atoms with van der Waals surface area (Å²) < 4.78 is 43.0. The first-order chi connectivity index (χ1) is 8.32. The summed E-state index contributed by atoms with van der Waals surface area (Å²) in [5.41, 5.74) is -1.03. The highest BCUT2D eigenvalue weighted by Gasteiger charge is 2.31. The molecule has 0 aliphatic carbocycles. The Morgan fingerprint density at radius 3 is 2.50 bits per heavy atom. The monoisotopic (exact) mass is 259 g/mol. The zero-order valence-electron chi connectivity index (χ0n) is 9.91. The first kappa shape index (κ1) is 14.3. The van der Waals surface area contributed by atoms with Crippen molar-refractivity contribution in [2.24, 2.45) is 10.9 Å². The van der Waals surface area contributed by atoms with E-state index >= 15 is 0 Å². The second kappa shape index (κ2) is 5.69. The Bertz CT molecular complexity index is 463. The van der Waals surface area contributed by atoms with E-state index in [0.29, 0.717) is 0 Å². The van der Waals surface area contributed by atoms with Crippen LogP contribution in [0.15, 0.2) is 23.2 Å². The minimum atomic E-state index is -4.51. The Morgan fingerprint density at radius 1 is 1.33 bits per heavy atom. The van der Waals surface area contributed by atoms with E-state index in [9.17, 15) is 18.0 Å². The van der Waals surface area contributed by atoms with E-state index in [1.54, 1.807) is 0 Å². The van der Waals surface area contributed by atoms with Gasteiger partial charge in [0, 0.05) is 6.07 Å². The quantitative estimate of drug-likeness (QED) is 0.610. The number of ether oxygens (including phenoxy) is 1. The Morgan fingerprint density at radius 2 is 2.00 bits per heavy atom. The molecular weight excluding hydrogens is 247 g/mol. The number of alkyl halides is 3. The van der Waals surface area contributed by atoms with Gasteiger partial charge in [-0.25, -0.2) is 4.79 Å². The van der Waals surface area contributed by atoms with Crippen molar-refractivity contribution in [1.29, 1.82) is 0 Å². The number of aliphatic imine (C=N–C) groups is 1. The third-order valence-corrected chi connectivity index (χ3v) is 1.98. The molecule has 0 saturated heterocycles. The van der Waals surface area contributed by atoms with Crippen LogP contribution >= 0.6 is 0 Å². The molecule has 1 aromatic carbocycles. The highest BCUT2D eigenvalue weighted by atomic mass is 19.4. The Labute approximate surface area is 102 Å². The second-order valence-electron chi connectivity index (χ2n) is 4.12. The molecule has 1 aromatic rings. The topological polar surface area (TPSA) is 38.7 Å². The van der Waals surface area contributed by atoms with Crippen LogP contribution < -0.4 is 4.74 Å². The molecule has 0 saturated carbocycles. The Kier molecular flexibility index (Phi) is 4.50. The Hall–Kier alpha value is -1.81. The van der Waals surface area contributed by atoms with E-state index in [1.807, 2.05) is 13.8 Å². The number of nitrogens with zero attached hydrogens (tertiary/aromatic N) is 1. The molecule has 0 aromatic heterocycles. The smallest absolute Gasteiger partial charge is 0.416 e. The number of halogens is 3. The lowest BCUT2D eigenvalue weighted by Crippen LogP contribution is -2.08. The Balaban J connectivity index is 3.10. The van der Waals surface area contributed by atoms with Crippen LogP contribution in [-0.2, 0) is 11.0 Å². The molecule has 0 aliphatic rings. The summed E-state index contributed by atoms with van der Waals surface area (Å²) in [7, 11) is 0. The van der Waals surface area contributed by atoms with Gasteiger partial charge in [-0.2, -0.15) is 18.2 Å². The summed E-state index contributed by atoms with van der Waals surface area (Å²) in [6.45, 7) is 4.03. The molecular formula is C12H12F3NO2. The molecule has 0 amide bonds. The fourth-order valence-corrected chi connectivity index (χ4v) is 1.21. The van der Waals surface area contributed by atoms with Gasteiger partial charge in [-0.05, 0) is 18.1 Å². The van der Waals surface area contributed by atoms with Gasteiger partial charge in [-0.15, -0.1) is 0 Å². The van der Waals surface area contributed by atoms with Gasteiger partial charge < -0.3 is 4.74 Å². The normalized spacial score (nSPS) is 11.2. The molecule has 0 aliphatic heterocycles. The van der Waals surface area contributed by atoms with Crippen LogP contribution in [0.5, 0.6) is 5.75 Å². The van der Waals surface area contributed by atoms with Crippen molar-refractivity contribution in [1.82, 2.24) is 0 Å². The first-order valence-corrected chi connectivity index (χ1v) is 5.26. The predicted octanol–water partition coefficient (Wildman–Crippen LogP) is 3.71. The summed E-state index contributed by atoms with van der Waals surface area (Å²) in [5.74, 6) is 0.213. The average molecular weight is 259 g/mol. The highest BCUT2D eigenvalue weighted by Crippen LogP contribution is 2.34. The van der Waals surface area contributed by atoms with Crippen molar-refractivity contribution in [3.05, 3.63) is 23.8 Å². The molecule has 0 heterocycles. The molecule has 0 spiro atoms. The molecule has 98 valence electrons. The lowest BCUT2D eigenvalue weighted by atomic mass is 10.2. The van der Waals surface area contributed by atoms with Gasteiger partial charge in [0.05, 0.1) is 17.9 Å². The average Bonchev–Trinajstić information content (AvgIpc) is 2.25. The minimum absolute atomic E-state index is 0.0347. The summed E-state index contributed by atoms with van der Waals surface area (Å²) in [5, 5.41) is 0. The van der Waals surface area contributed by atoms with E-state index in [0.717, 1.165) is 12.1 Å². The summed E-state index contributed by atoms with van der Waals surface area (Å²) >= 11 is 0. The second-order valence-corrected chi connectivity index (χ2v) is 4.12. The maximum Gasteiger partial charge on any atom is 0.416 e. The van der Waals surface area contributed by atoms with Crippen molar-refractivity contribution in [2.45, 2.75) is 20.0 Å². The van der Waals surface area contributed by atoms with Gasteiger partial charge in [-0.3, -0.25) is 0 Å². The maximum atomic E-state index is 12.6. The molecule has 0 unspecified atom stereocenters. The fourth-order valence-electron chi connectivity index (χ4n) is 1.21. The number of isocyanates is 1. The van der Waals surface area contributed by atoms with Gasteiger partial charge in [0.15, 0.2) is 0 Å². The van der Waals surface area contributed by atoms with E-state index in [1.165, 1.54) is 12.1 Å². The molecule has 3 nitrogen and oxygen atoms in total. The number of hydrogen-bond acceptors (Lipinski definition) is 3. The molecule has 1 rings (SSSR count). The van der Waals surface area contributed by atoms with E-state index in [-0.39, 0.29) is 24.0 Å². The van der Waals surface area contributed by atoms with Crippen molar-refractivity contribution < 1.29 is 22.7 Å². The third-order valence-electron chi connectivity index (χ3n) is 1.98. The van der Waals surface area contributed by atoms with Gasteiger partial charge in [-0.1, -0.05) is 13.8 Å². The van der Waals surface area contributed by atoms with E-state index in [4.69, 9.17) is 4.74 Å². The molecule has 0 bridgehead atoms. The van der Waals surface area contributed by atoms with Crippen LogP contribution in [0.2, 0.25) is 0 Å². The molecule has 0 N–H and O–H groups in total. The van der Waals surface area contributed by atoms with Crippen LogP contribution in [0, 0.1) is 5.92 Å². The van der Waals surface area contributed by atoms with Crippen molar-refractivity contribution in [3.8, 4) is 5.75 Å². The lowest BCUT2D eigenvalue weighted by molar-refractivity contribution is -0.137. The van der Waals surface area contributed by atoms with Crippen molar-refractivity contribution >= 4 is 11.8 Å². The van der Waals surface area contributed by atoms with Gasteiger partial charge >= 0.3 is 6.18 Å². The van der Waals surface area contributed by atoms with Crippen molar-refractivity contribution in [3.63, 3.8) is 0 Å². The number of carbonyl (C=O) groups excluding carboxylic acids is 1. The molecule has 0 fully saturated rings. The fraction of sp³-hybridized carbons (Fsp3) is 0.417. The molecule has 18 heavy (non-hydrogen) atoms. The van der Waals surface area contributed by atoms with Crippen LogP contribution in [0.1, 0.15) is 19.4 Å². The van der Waals surface area contributed by atoms with Gasteiger partial charge in [0.2, 0.25) is 6.08 Å². The zero-order valence-corrected chi connectivity index (χ0v) is 9.91. The maximum absolute atomic E-state index is 12.6. The van der Waals surface area contributed by atoms with E-state index < -0.39 is 11.7 Å². The van der Waals surface area contributed by atoms with Crippen LogP contribution in [0.25, 0.3) is 0 Å². The first-order valence-electron chi connectivity index (χ1n) is 5.26. The van der Waals surface area contributed by atoms with Gasteiger partial charge in [0.25, 0.3) is 0 Å². The largest absolute Gasteiger partial charge is 0.493 e. The highest BCUT2D eigenvalue weighted by molar-refractivity contribution is 5.53. The summed E-state index contributed by atoms with van der Waals surface area (Å²) in [6, 6.07) is 2.92. The standard InChI is InChI=1S/C12H12F3NO2/c1-8(2)6-18-11-4-9(12(13,14)15)3-10(5-11)16-7-17/h3-5,8H,6H2,1-2H3. The summed E-state index contributed by atoms with van der Waals surface area (Å²) in [6.07, 6.45) is -3.30. The number of hydrogen-bond donors (Lipinski definition) is 0. The molecule has 0 radical (unpaired) electrons. The number of rotatable bonds is 4. The van der Waals surface area contributed by atoms with E-state index in [2.05, 4.69) is 4.99 Å². The molecule has 0 atom stereocenters. The van der Waals surface area contributed by atoms with Crippen molar-refractivity contribution in [2.75, 3.05) is 6.61 Å². The predicted molar refractivity (Wildman–Crippen MR) is 59.6 cm³/mol.